The van der Waals surface area contributed by atoms with Crippen LogP contribution >= 0.6 is 43.5 Å². The topological polar surface area (TPSA) is 12.0 Å². The number of rotatable bonds is 4. The minimum atomic E-state index is 0.194. The minimum Gasteiger partial charge on any atom is -0.313 e. The van der Waals surface area contributed by atoms with Crippen LogP contribution in [0.3, 0.4) is 0 Å². The normalized spacial score (nSPS) is 12.4. The fraction of sp³-hybridized carbons (Fsp3) is 0.200. The number of benzene rings is 2. The molecule has 100 valence electrons. The Hall–Kier alpha value is -0.350. The first kappa shape index (κ1) is 15.0. The number of hydrogen-bond donors (Lipinski definition) is 1. The highest BCUT2D eigenvalue weighted by molar-refractivity contribution is 9.10. The predicted octanol–water partition coefficient (Wildman–Crippen LogP) is 5.37. The highest BCUT2D eigenvalue weighted by atomic mass is 79.9. The number of hydrogen-bond acceptors (Lipinski definition) is 1. The molecule has 0 amide bonds. The van der Waals surface area contributed by atoms with E-state index in [4.69, 9.17) is 11.6 Å². The molecule has 1 atom stereocenters. The van der Waals surface area contributed by atoms with Gasteiger partial charge in [-0.3, -0.25) is 0 Å². The first-order valence-electron chi connectivity index (χ1n) is 5.97. The second-order valence-corrected chi connectivity index (χ2v) is 6.58. The summed E-state index contributed by atoms with van der Waals surface area (Å²) in [7, 11) is 1.96. The van der Waals surface area contributed by atoms with Gasteiger partial charge in [0.05, 0.1) is 0 Å². The molecule has 0 spiro atoms. The quantitative estimate of drug-likeness (QED) is 0.724. The molecule has 0 fully saturated rings. The van der Waals surface area contributed by atoms with Crippen molar-refractivity contribution in [2.75, 3.05) is 7.05 Å². The number of halogens is 3. The van der Waals surface area contributed by atoms with Gasteiger partial charge in [-0.25, -0.2) is 0 Å². The van der Waals surface area contributed by atoms with Crippen molar-refractivity contribution >= 4 is 43.5 Å². The summed E-state index contributed by atoms with van der Waals surface area (Å²) in [5.74, 6) is 0. The van der Waals surface area contributed by atoms with E-state index < -0.39 is 0 Å². The Kier molecular flexibility index (Phi) is 5.46. The lowest BCUT2D eigenvalue weighted by Gasteiger charge is -2.18. The summed E-state index contributed by atoms with van der Waals surface area (Å²) >= 11 is 13.3. The Morgan fingerprint density at radius 2 is 1.84 bits per heavy atom. The number of nitrogens with one attached hydrogen (secondary N) is 1. The lowest BCUT2D eigenvalue weighted by molar-refractivity contribution is 0.592. The van der Waals surface area contributed by atoms with E-state index in [2.05, 4.69) is 61.4 Å². The van der Waals surface area contributed by atoms with Gasteiger partial charge in [0.2, 0.25) is 0 Å². The maximum Gasteiger partial charge on any atom is 0.0454 e. The molecule has 2 rings (SSSR count). The smallest absolute Gasteiger partial charge is 0.0454 e. The predicted molar refractivity (Wildman–Crippen MR) is 88.8 cm³/mol. The van der Waals surface area contributed by atoms with E-state index in [1.54, 1.807) is 0 Å². The molecule has 0 aliphatic rings. The van der Waals surface area contributed by atoms with Gasteiger partial charge in [-0.15, -0.1) is 0 Å². The van der Waals surface area contributed by atoms with Gasteiger partial charge in [0.25, 0.3) is 0 Å². The van der Waals surface area contributed by atoms with Gasteiger partial charge in [-0.1, -0.05) is 55.6 Å². The molecule has 1 unspecified atom stereocenters. The molecule has 0 heterocycles. The van der Waals surface area contributed by atoms with E-state index >= 15 is 0 Å². The van der Waals surface area contributed by atoms with Gasteiger partial charge < -0.3 is 5.32 Å². The zero-order chi connectivity index (χ0) is 13.8. The van der Waals surface area contributed by atoms with Gasteiger partial charge in [-0.05, 0) is 54.9 Å². The Balaban J connectivity index is 2.27. The zero-order valence-corrected chi connectivity index (χ0v) is 14.4. The van der Waals surface area contributed by atoms with Gasteiger partial charge in [0, 0.05) is 20.0 Å². The van der Waals surface area contributed by atoms with E-state index in [1.165, 1.54) is 5.56 Å². The van der Waals surface area contributed by atoms with E-state index in [-0.39, 0.29) is 6.04 Å². The van der Waals surface area contributed by atoms with Crippen molar-refractivity contribution < 1.29 is 0 Å². The van der Waals surface area contributed by atoms with Gasteiger partial charge in [0.15, 0.2) is 0 Å². The highest BCUT2D eigenvalue weighted by Gasteiger charge is 2.14. The van der Waals surface area contributed by atoms with Crippen LogP contribution in [0.15, 0.2) is 51.4 Å². The molecule has 2 aromatic rings. The molecule has 0 saturated heterocycles. The standard InChI is InChI=1S/C15H14Br2ClN/c1-19-15(8-10-3-2-4-11(16)7-10)13-9-12(17)5-6-14(13)18/h2-7,9,15,19H,8H2,1H3. The second kappa shape index (κ2) is 6.89. The molecule has 2 aromatic carbocycles. The van der Waals surface area contributed by atoms with Gasteiger partial charge in [0.1, 0.15) is 0 Å². The first-order chi connectivity index (χ1) is 9.10. The molecule has 0 aromatic heterocycles. The minimum absolute atomic E-state index is 0.194. The van der Waals surface area contributed by atoms with Crippen LogP contribution in [0.1, 0.15) is 17.2 Å². The average molecular weight is 404 g/mol. The molecular formula is C15H14Br2ClN. The van der Waals surface area contributed by atoms with Crippen molar-refractivity contribution in [1.82, 2.24) is 5.32 Å². The van der Waals surface area contributed by atoms with Crippen LogP contribution in [0, 0.1) is 0 Å². The molecule has 0 bridgehead atoms. The molecule has 1 N–H and O–H groups in total. The Morgan fingerprint density at radius 1 is 1.11 bits per heavy atom. The highest BCUT2D eigenvalue weighted by Crippen LogP contribution is 2.29. The van der Waals surface area contributed by atoms with E-state index in [9.17, 15) is 0 Å². The summed E-state index contributed by atoms with van der Waals surface area (Å²) in [6, 6.07) is 14.5. The van der Waals surface area contributed by atoms with Crippen molar-refractivity contribution in [1.29, 1.82) is 0 Å². The molecular weight excluding hydrogens is 389 g/mol. The van der Waals surface area contributed by atoms with Crippen molar-refractivity contribution in [2.24, 2.45) is 0 Å². The van der Waals surface area contributed by atoms with Crippen LogP contribution in [-0.4, -0.2) is 7.05 Å². The molecule has 0 aliphatic carbocycles. The van der Waals surface area contributed by atoms with Crippen LogP contribution in [-0.2, 0) is 6.42 Å². The fourth-order valence-electron chi connectivity index (χ4n) is 2.05. The Bertz CT molecular complexity index is 572. The van der Waals surface area contributed by atoms with Crippen molar-refractivity contribution in [3.63, 3.8) is 0 Å². The monoisotopic (exact) mass is 401 g/mol. The number of likely N-dealkylation sites (N-methyl/N-ethyl adjacent to an activating group) is 1. The second-order valence-electron chi connectivity index (χ2n) is 4.34. The Labute approximate surface area is 135 Å². The van der Waals surface area contributed by atoms with E-state index in [1.807, 2.05) is 25.2 Å². The van der Waals surface area contributed by atoms with Crippen LogP contribution in [0.2, 0.25) is 5.02 Å². The summed E-state index contributed by atoms with van der Waals surface area (Å²) in [6.07, 6.45) is 0.895. The van der Waals surface area contributed by atoms with Crippen LogP contribution < -0.4 is 5.32 Å². The van der Waals surface area contributed by atoms with Gasteiger partial charge in [-0.2, -0.15) is 0 Å². The van der Waals surface area contributed by atoms with Crippen LogP contribution in [0.5, 0.6) is 0 Å². The SMILES string of the molecule is CNC(Cc1cccc(Br)c1)c1cc(Br)ccc1Cl. The molecule has 0 radical (unpaired) electrons. The molecule has 4 heteroatoms. The lowest BCUT2D eigenvalue weighted by Crippen LogP contribution is -2.19. The largest absolute Gasteiger partial charge is 0.313 e. The summed E-state index contributed by atoms with van der Waals surface area (Å²) in [5.41, 5.74) is 2.38. The van der Waals surface area contributed by atoms with Crippen molar-refractivity contribution in [2.45, 2.75) is 12.5 Å². The molecule has 1 nitrogen and oxygen atoms in total. The summed E-state index contributed by atoms with van der Waals surface area (Å²) in [6.45, 7) is 0. The van der Waals surface area contributed by atoms with E-state index in [0.717, 1.165) is 26.0 Å². The van der Waals surface area contributed by atoms with Crippen LogP contribution in [0.25, 0.3) is 0 Å². The lowest BCUT2D eigenvalue weighted by atomic mass is 9.99. The molecule has 0 aliphatic heterocycles. The maximum atomic E-state index is 6.30. The maximum absolute atomic E-state index is 6.30. The first-order valence-corrected chi connectivity index (χ1v) is 7.93. The summed E-state index contributed by atoms with van der Waals surface area (Å²) < 4.78 is 2.14. The zero-order valence-electron chi connectivity index (χ0n) is 10.5. The van der Waals surface area contributed by atoms with E-state index in [0.29, 0.717) is 0 Å². The van der Waals surface area contributed by atoms with Crippen molar-refractivity contribution in [3.8, 4) is 0 Å². The Morgan fingerprint density at radius 3 is 2.53 bits per heavy atom. The summed E-state index contributed by atoms with van der Waals surface area (Å²) in [4.78, 5) is 0. The summed E-state index contributed by atoms with van der Waals surface area (Å²) in [5, 5.41) is 4.12. The molecule has 19 heavy (non-hydrogen) atoms. The third kappa shape index (κ3) is 4.06. The third-order valence-corrected chi connectivity index (χ3v) is 4.34. The molecule has 0 saturated carbocycles. The third-order valence-electron chi connectivity index (χ3n) is 3.01. The fourth-order valence-corrected chi connectivity index (χ4v) is 3.12. The van der Waals surface area contributed by atoms with Gasteiger partial charge >= 0.3 is 0 Å². The average Bonchev–Trinajstić information content (AvgIpc) is 2.39. The van der Waals surface area contributed by atoms with Crippen LogP contribution in [0.4, 0.5) is 0 Å². The van der Waals surface area contributed by atoms with Crippen molar-refractivity contribution in [3.05, 3.63) is 67.6 Å².